The normalized spacial score (nSPS) is 22.9. The average molecular weight is 1310 g/mol. The van der Waals surface area contributed by atoms with E-state index in [1.165, 1.54) is 62.3 Å². The van der Waals surface area contributed by atoms with Crippen LogP contribution in [0, 0.1) is 81.6 Å². The monoisotopic (exact) mass is 1310 g/mol. The molecule has 4 aliphatic rings. The number of halogens is 2. The zero-order chi connectivity index (χ0) is 52.6. The Morgan fingerprint density at radius 3 is 1.49 bits per heavy atom. The van der Waals surface area contributed by atoms with Crippen LogP contribution in [0.15, 0.2) is 107 Å². The summed E-state index contributed by atoms with van der Waals surface area (Å²) < 4.78 is 0. The Kier molecular flexibility index (Phi) is 27.8. The van der Waals surface area contributed by atoms with Gasteiger partial charge in [-0.2, -0.15) is 0 Å². The molecule has 2 saturated heterocycles. The first-order valence-corrected chi connectivity index (χ1v) is 28.4. The SMILES string of the molecule is CC(=O)[C@@H]1C[C@@H]2CCCC[C@@H]2CN1C[C@@H](O)[C@@H](N)CSc1ccccc1.CC(=O)[C@@H]1C[C@@H]2CCCC[C@@H]2CN1C[C@@H](O)[C@H](CSc1ccccc1)NC(=O)c1cccc(O)c1C.Cc1c(O)cccc1C(=O)Cl.F.[3HH].[Ac]. The van der Waals surface area contributed by atoms with Crippen LogP contribution < -0.4 is 11.1 Å². The summed E-state index contributed by atoms with van der Waals surface area (Å²) >= 11 is 8.48. The van der Waals surface area contributed by atoms with Gasteiger partial charge >= 0.3 is 0 Å². The fraction of sp³-hybridized carbons (Fsp3) is 0.517. The van der Waals surface area contributed by atoms with Crippen LogP contribution in [0.3, 0.4) is 0 Å². The van der Waals surface area contributed by atoms with Gasteiger partial charge in [0.25, 0.3) is 11.1 Å². The molecule has 7 N–H and O–H groups in total. The number of aliphatic hydroxyl groups is 2. The van der Waals surface area contributed by atoms with Gasteiger partial charge in [-0.25, -0.2) is 0 Å². The maximum Gasteiger partial charge on any atom is 0.252 e. The van der Waals surface area contributed by atoms with Crippen molar-refractivity contribution < 1.29 is 89.8 Å². The van der Waals surface area contributed by atoms with Gasteiger partial charge in [-0.3, -0.25) is 33.7 Å². The van der Waals surface area contributed by atoms with E-state index in [0.717, 1.165) is 30.8 Å². The molecule has 17 heteroatoms. The number of hydrogen-bond donors (Lipinski definition) is 6. The van der Waals surface area contributed by atoms with Gasteiger partial charge in [-0.15, -0.1) is 23.5 Å². The van der Waals surface area contributed by atoms with Gasteiger partial charge in [0.1, 0.15) is 23.1 Å². The van der Waals surface area contributed by atoms with E-state index in [1.54, 1.807) is 81.6 Å². The van der Waals surface area contributed by atoms with Crippen molar-refractivity contribution in [1.82, 2.24) is 15.1 Å². The summed E-state index contributed by atoms with van der Waals surface area (Å²) in [6.07, 6.45) is 10.4. The number of phenols is 2. The summed E-state index contributed by atoms with van der Waals surface area (Å²) in [6, 6.07) is 28.5. The standard InChI is InChI=1S/C29H38N2O4S.C21H32N2O2S.C8H7ClO2.Ac.FH.H2/c1-19-24(13-8-14-27(19)33)29(35)30-25(18-36-23-11-4-3-5-12-23)28(34)17-31-16-22-10-7-6-9-21(22)15-26(31)20(2)32;1-15(24)20-11-16-7-5-6-8-17(16)12-23(20)13-21(25)19(22)14-26-18-9-3-2-4-10-18;1-5-6(8(9)11)3-2-4-7(5)10;;;/h3-5,8,11-14,21-22,25-26,28,33-34H,6-7,9-10,15-18H2,1-2H3,(H,30,35);2-4,9-10,16-17,19-21,25H,5-8,11-14,22H2,1H3;2-4,10H,1H3;;2*1H/t21-,22+,25-,26-,28+;16-,17+,19-,20-,21+;;;;/m00..../s1/i;;;;;1+2. The third-order valence-corrected chi connectivity index (χ3v) is 18.0. The number of nitrogens with two attached hydrogens (primary N) is 1. The van der Waals surface area contributed by atoms with Gasteiger partial charge in [0, 0.05) is 121 Å². The summed E-state index contributed by atoms with van der Waals surface area (Å²) in [6.45, 7) is 9.30. The first-order chi connectivity index (χ1) is 35.0. The number of nitrogens with one attached hydrogen (secondary N) is 1. The van der Waals surface area contributed by atoms with Crippen LogP contribution in [0.2, 0.25) is 0 Å². The molecular formula is C58H80AcClFN4O8S2. The molecule has 2 aliphatic heterocycles. The van der Waals surface area contributed by atoms with Gasteiger partial charge in [0.05, 0.1) is 30.3 Å². The summed E-state index contributed by atoms with van der Waals surface area (Å²) in [5.41, 5.74) is 8.03. The van der Waals surface area contributed by atoms with Crippen molar-refractivity contribution in [2.75, 3.05) is 37.7 Å². The fourth-order valence-corrected chi connectivity index (χ4v) is 13.3. The quantitative estimate of drug-likeness (QED) is 0.0433. The molecule has 4 fully saturated rings. The molecule has 409 valence electrons. The summed E-state index contributed by atoms with van der Waals surface area (Å²) in [7, 11) is 0. The molecule has 1 amide bonds. The number of β-amino-alcohol motifs (C(OH)–C–C–N with tert-alkyl or cyclic N) is 2. The summed E-state index contributed by atoms with van der Waals surface area (Å²) in [4.78, 5) is 55.2. The van der Waals surface area contributed by atoms with E-state index < -0.39 is 23.5 Å². The van der Waals surface area contributed by atoms with Crippen LogP contribution in [0.4, 0.5) is 4.70 Å². The van der Waals surface area contributed by atoms with E-state index in [1.807, 2.05) is 48.5 Å². The molecular weight excluding hydrogens is 1230 g/mol. The smallest absolute Gasteiger partial charge is 0.252 e. The van der Waals surface area contributed by atoms with Gasteiger partial charge in [0.15, 0.2) is 0 Å². The molecule has 2 heterocycles. The van der Waals surface area contributed by atoms with Crippen LogP contribution in [-0.2, 0) is 9.59 Å². The minimum Gasteiger partial charge on any atom is -0.508 e. The molecule has 0 aromatic heterocycles. The molecule has 10 atom stereocenters. The van der Waals surface area contributed by atoms with E-state index in [9.17, 15) is 34.5 Å². The van der Waals surface area contributed by atoms with Crippen molar-refractivity contribution in [1.29, 1.82) is 0 Å². The number of phenolic OH excluding ortho intramolecular Hbond substituents is 2. The number of thioether (sulfide) groups is 2. The number of nitrogens with zero attached hydrogens (tertiary/aromatic N) is 2. The minimum atomic E-state index is -0.843. The van der Waals surface area contributed by atoms with Crippen molar-refractivity contribution >= 4 is 57.8 Å². The van der Waals surface area contributed by atoms with Crippen molar-refractivity contribution in [2.24, 2.45) is 29.4 Å². The number of ketones is 2. The number of rotatable bonds is 17. The van der Waals surface area contributed by atoms with E-state index in [4.69, 9.17) is 22.4 Å². The number of benzene rings is 4. The molecule has 4 aromatic carbocycles. The second-order valence-electron chi connectivity index (χ2n) is 20.5. The van der Waals surface area contributed by atoms with Crippen LogP contribution in [0.5, 0.6) is 11.5 Å². The average Bonchev–Trinajstić information content (AvgIpc) is 3.38. The Labute approximate surface area is 494 Å². The van der Waals surface area contributed by atoms with Gasteiger partial charge in [-0.05, 0) is 137 Å². The summed E-state index contributed by atoms with van der Waals surface area (Å²) in [5.74, 6) is 3.92. The van der Waals surface area contributed by atoms with Crippen molar-refractivity contribution in [3.05, 3.63) is 119 Å². The van der Waals surface area contributed by atoms with Crippen molar-refractivity contribution in [3.8, 4) is 11.5 Å². The maximum atomic E-state index is 13.2. The number of piperidine rings is 2. The first-order valence-electron chi connectivity index (χ1n) is 26.0. The molecule has 75 heavy (non-hydrogen) atoms. The van der Waals surface area contributed by atoms with Crippen LogP contribution in [-0.4, -0.2) is 127 Å². The predicted molar refractivity (Wildman–Crippen MR) is 298 cm³/mol. The van der Waals surface area contributed by atoms with E-state index in [0.29, 0.717) is 70.5 Å². The number of likely N-dealkylation sites (tertiary alicyclic amines) is 2. The number of hydrogen-bond acceptors (Lipinski definition) is 13. The Balaban J connectivity index is 0.000000332. The number of carbonyl (C=O) groups is 4. The van der Waals surface area contributed by atoms with E-state index in [2.05, 4.69) is 27.2 Å². The first kappa shape index (κ1) is 64.6. The number of Topliss-reactive ketones (excluding diaryl/α,β-unsaturated/α-hetero) is 2. The molecule has 0 unspecified atom stereocenters. The third-order valence-electron chi connectivity index (χ3n) is 15.5. The largest absolute Gasteiger partial charge is 0.508 e. The number of fused-ring (bicyclic) bond motifs is 2. The molecule has 0 spiro atoms. The molecule has 2 aliphatic carbocycles. The van der Waals surface area contributed by atoms with E-state index >= 15 is 0 Å². The molecule has 2 saturated carbocycles. The summed E-state index contributed by atoms with van der Waals surface area (Å²) in [5, 5.41) is 43.8. The Hall–Kier alpha value is -2.88. The Morgan fingerprint density at radius 2 is 1.05 bits per heavy atom. The molecule has 4 aromatic rings. The predicted octanol–water partition coefficient (Wildman–Crippen LogP) is 9.84. The third kappa shape index (κ3) is 19.2. The second-order valence-corrected chi connectivity index (χ2v) is 23.1. The number of aliphatic hydroxyl groups excluding tert-OH is 2. The van der Waals surface area contributed by atoms with Crippen LogP contribution in [0.1, 0.15) is 111 Å². The maximum absolute atomic E-state index is 13.2. The Bertz CT molecular complexity index is 2440. The Morgan fingerprint density at radius 1 is 0.640 bits per heavy atom. The van der Waals surface area contributed by atoms with Gasteiger partial charge < -0.3 is 31.5 Å². The second kappa shape index (κ2) is 32.3. The number of aromatic hydroxyl groups is 2. The van der Waals surface area contributed by atoms with E-state index in [-0.39, 0.29) is 97.3 Å². The van der Waals surface area contributed by atoms with Gasteiger partial charge in [0.2, 0.25) is 0 Å². The topological polar surface area (TPSA) is 194 Å². The number of amides is 1. The fourth-order valence-electron chi connectivity index (χ4n) is 11.1. The van der Waals surface area contributed by atoms with Crippen molar-refractivity contribution in [2.45, 2.75) is 138 Å². The molecule has 12 nitrogen and oxygen atoms in total. The zero-order valence-electron chi connectivity index (χ0n) is 43.9. The van der Waals surface area contributed by atoms with Crippen LogP contribution in [0.25, 0.3) is 0 Å². The molecule has 0 bridgehead atoms. The van der Waals surface area contributed by atoms with Crippen LogP contribution >= 0.6 is 35.1 Å². The molecule has 8 rings (SSSR count). The molecule has 1 radical (unpaired) electrons. The van der Waals surface area contributed by atoms with Crippen molar-refractivity contribution in [3.63, 3.8) is 0 Å². The minimum absolute atomic E-state index is 0. The number of carbonyl (C=O) groups excluding carboxylic acids is 4. The van der Waals surface area contributed by atoms with Gasteiger partial charge in [-0.1, -0.05) is 87.1 Å². The zero-order valence-corrected chi connectivity index (χ0v) is 51.0.